The molecule has 0 fully saturated rings. The fourth-order valence-corrected chi connectivity index (χ4v) is 3.71. The second-order valence-electron chi connectivity index (χ2n) is 7.02. The van der Waals surface area contributed by atoms with Gasteiger partial charge >= 0.3 is 12.3 Å². The highest BCUT2D eigenvalue weighted by atomic mass is 19.4. The van der Waals surface area contributed by atoms with Crippen molar-refractivity contribution in [2.45, 2.75) is 18.6 Å². The molecule has 0 atom stereocenters. The van der Waals surface area contributed by atoms with Crippen LogP contribution in [-0.4, -0.2) is 17.8 Å². The summed E-state index contributed by atoms with van der Waals surface area (Å²) >= 11 is 0. The number of carbonyl (C=O) groups is 1. The largest absolute Gasteiger partial charge is 0.508 e. The Bertz CT molecular complexity index is 1050. The minimum Gasteiger partial charge on any atom is -0.508 e. The lowest BCUT2D eigenvalue weighted by atomic mass is 9.98. The van der Waals surface area contributed by atoms with E-state index in [2.05, 4.69) is 5.32 Å². The van der Waals surface area contributed by atoms with Crippen LogP contribution in [-0.2, 0) is 17.5 Å². The van der Waals surface area contributed by atoms with Crippen molar-refractivity contribution in [2.75, 3.05) is 6.61 Å². The zero-order valence-electron chi connectivity index (χ0n) is 15.7. The summed E-state index contributed by atoms with van der Waals surface area (Å²) < 4.78 is 43.4. The number of halogens is 3. The van der Waals surface area contributed by atoms with E-state index in [1.165, 1.54) is 0 Å². The van der Waals surface area contributed by atoms with Gasteiger partial charge in [-0.25, -0.2) is 4.79 Å². The van der Waals surface area contributed by atoms with Gasteiger partial charge in [0.1, 0.15) is 12.4 Å². The van der Waals surface area contributed by atoms with E-state index < -0.39 is 23.6 Å². The van der Waals surface area contributed by atoms with E-state index in [-0.39, 0.29) is 24.6 Å². The fraction of sp³-hybridized carbons (Fsp3) is 0.174. The molecular formula is C23H18F3NO3. The van der Waals surface area contributed by atoms with E-state index in [0.29, 0.717) is 6.07 Å². The standard InChI is InChI=1S/C23H18F3NO3/c24-23(25,26)15-10-9-14(21(28)11-15)12-27-22(29)30-13-20-18-7-3-1-5-16(18)17-6-2-4-8-19(17)20/h1-11,20,28H,12-13H2,(H,27,29). The molecule has 3 aromatic rings. The molecule has 3 aromatic carbocycles. The Morgan fingerprint density at radius 3 is 2.13 bits per heavy atom. The molecule has 4 nitrogen and oxygen atoms in total. The monoisotopic (exact) mass is 413 g/mol. The number of hydrogen-bond acceptors (Lipinski definition) is 3. The van der Waals surface area contributed by atoms with Gasteiger partial charge < -0.3 is 15.2 Å². The first-order valence-corrected chi connectivity index (χ1v) is 9.32. The van der Waals surface area contributed by atoms with Gasteiger partial charge in [0, 0.05) is 18.0 Å². The van der Waals surface area contributed by atoms with E-state index in [4.69, 9.17) is 4.74 Å². The smallest absolute Gasteiger partial charge is 0.416 e. The molecule has 7 heteroatoms. The van der Waals surface area contributed by atoms with Crippen molar-refractivity contribution in [1.29, 1.82) is 0 Å². The molecule has 0 saturated heterocycles. The summed E-state index contributed by atoms with van der Waals surface area (Å²) in [6.07, 6.45) is -5.26. The molecule has 1 amide bonds. The van der Waals surface area contributed by atoms with Crippen LogP contribution >= 0.6 is 0 Å². The Hall–Kier alpha value is -3.48. The number of ether oxygens (including phenoxy) is 1. The van der Waals surface area contributed by atoms with Gasteiger partial charge in [0.25, 0.3) is 0 Å². The molecule has 154 valence electrons. The summed E-state index contributed by atoms with van der Waals surface area (Å²) in [5.41, 5.74) is 3.58. The molecule has 0 bridgehead atoms. The molecule has 0 saturated carbocycles. The van der Waals surface area contributed by atoms with Crippen molar-refractivity contribution in [3.8, 4) is 16.9 Å². The summed E-state index contributed by atoms with van der Waals surface area (Å²) in [6, 6.07) is 18.5. The Labute approximate surface area is 170 Å². The number of alkyl halides is 3. The highest BCUT2D eigenvalue weighted by Gasteiger charge is 2.31. The molecule has 0 radical (unpaired) electrons. The number of carbonyl (C=O) groups excluding carboxylic acids is 1. The van der Waals surface area contributed by atoms with Gasteiger partial charge in [-0.2, -0.15) is 13.2 Å². The van der Waals surface area contributed by atoms with Gasteiger partial charge in [0.15, 0.2) is 0 Å². The van der Waals surface area contributed by atoms with Crippen molar-refractivity contribution >= 4 is 6.09 Å². The molecule has 1 aliphatic carbocycles. The number of aromatic hydroxyl groups is 1. The van der Waals surface area contributed by atoms with Gasteiger partial charge in [0.2, 0.25) is 0 Å². The van der Waals surface area contributed by atoms with E-state index in [0.717, 1.165) is 34.4 Å². The van der Waals surface area contributed by atoms with Gasteiger partial charge in [-0.3, -0.25) is 0 Å². The van der Waals surface area contributed by atoms with E-state index >= 15 is 0 Å². The van der Waals surface area contributed by atoms with Crippen molar-refractivity contribution in [3.05, 3.63) is 89.0 Å². The quantitative estimate of drug-likeness (QED) is 0.598. The number of phenols is 1. The van der Waals surface area contributed by atoms with Crippen LogP contribution in [0.25, 0.3) is 11.1 Å². The predicted molar refractivity (Wildman–Crippen MR) is 105 cm³/mol. The molecule has 30 heavy (non-hydrogen) atoms. The van der Waals surface area contributed by atoms with Crippen molar-refractivity contribution < 1.29 is 27.8 Å². The first-order chi connectivity index (χ1) is 14.3. The molecular weight excluding hydrogens is 395 g/mol. The first kappa shape index (κ1) is 19.8. The highest BCUT2D eigenvalue weighted by Crippen LogP contribution is 2.44. The summed E-state index contributed by atoms with van der Waals surface area (Å²) in [6.45, 7) is -0.0283. The Kier molecular flexibility index (Phi) is 5.11. The van der Waals surface area contributed by atoms with Gasteiger partial charge in [0.05, 0.1) is 5.56 Å². The highest BCUT2D eigenvalue weighted by molar-refractivity contribution is 5.79. The van der Waals surface area contributed by atoms with E-state index in [1.807, 2.05) is 48.5 Å². The molecule has 0 aromatic heterocycles. The molecule has 0 spiro atoms. The second kappa shape index (κ2) is 7.74. The van der Waals surface area contributed by atoms with Crippen molar-refractivity contribution in [3.63, 3.8) is 0 Å². The third-order valence-electron chi connectivity index (χ3n) is 5.18. The summed E-state index contributed by atoms with van der Waals surface area (Å²) in [4.78, 5) is 12.1. The van der Waals surface area contributed by atoms with Crippen LogP contribution < -0.4 is 5.32 Å². The topological polar surface area (TPSA) is 58.6 Å². The van der Waals surface area contributed by atoms with Crippen LogP contribution in [0.15, 0.2) is 66.7 Å². The normalized spacial score (nSPS) is 12.9. The lowest BCUT2D eigenvalue weighted by molar-refractivity contribution is -0.137. The lowest BCUT2D eigenvalue weighted by Crippen LogP contribution is -2.25. The minimum absolute atomic E-state index is 0.0948. The van der Waals surface area contributed by atoms with Gasteiger partial charge in [-0.05, 0) is 34.4 Å². The van der Waals surface area contributed by atoms with Crippen LogP contribution in [0.4, 0.5) is 18.0 Å². The minimum atomic E-state index is -4.55. The van der Waals surface area contributed by atoms with Crippen LogP contribution in [0.3, 0.4) is 0 Å². The average molecular weight is 413 g/mol. The maximum absolute atomic E-state index is 12.7. The maximum Gasteiger partial charge on any atom is 0.416 e. The third kappa shape index (κ3) is 3.83. The Morgan fingerprint density at radius 1 is 0.967 bits per heavy atom. The average Bonchev–Trinajstić information content (AvgIpc) is 3.04. The van der Waals surface area contributed by atoms with Gasteiger partial charge in [-0.1, -0.05) is 54.6 Å². The van der Waals surface area contributed by atoms with Crippen LogP contribution in [0.2, 0.25) is 0 Å². The number of fused-ring (bicyclic) bond motifs is 3. The third-order valence-corrected chi connectivity index (χ3v) is 5.18. The van der Waals surface area contributed by atoms with Crippen molar-refractivity contribution in [2.24, 2.45) is 0 Å². The molecule has 1 aliphatic rings. The SMILES string of the molecule is O=C(NCc1ccc(C(F)(F)F)cc1O)OCC1c2ccccc2-c2ccccc21. The zero-order chi connectivity index (χ0) is 21.3. The summed E-state index contributed by atoms with van der Waals surface area (Å²) in [5, 5.41) is 12.3. The Balaban J connectivity index is 1.39. The number of nitrogens with one attached hydrogen (secondary N) is 1. The number of amides is 1. The number of benzene rings is 3. The molecule has 2 N–H and O–H groups in total. The molecule has 0 heterocycles. The number of phenolic OH excluding ortho intramolecular Hbond substituents is 1. The van der Waals surface area contributed by atoms with E-state index in [1.54, 1.807) is 0 Å². The first-order valence-electron chi connectivity index (χ1n) is 9.32. The van der Waals surface area contributed by atoms with E-state index in [9.17, 15) is 23.1 Å². The second-order valence-corrected chi connectivity index (χ2v) is 7.02. The molecule has 0 aliphatic heterocycles. The van der Waals surface area contributed by atoms with Crippen LogP contribution in [0, 0.1) is 0 Å². The lowest BCUT2D eigenvalue weighted by Gasteiger charge is -2.15. The molecule has 4 rings (SSSR count). The van der Waals surface area contributed by atoms with Crippen LogP contribution in [0.1, 0.15) is 28.2 Å². The Morgan fingerprint density at radius 2 is 1.57 bits per heavy atom. The zero-order valence-corrected chi connectivity index (χ0v) is 15.7. The predicted octanol–water partition coefficient (Wildman–Crippen LogP) is 5.45. The van der Waals surface area contributed by atoms with Crippen molar-refractivity contribution in [1.82, 2.24) is 5.32 Å². The maximum atomic E-state index is 12.7. The fourth-order valence-electron chi connectivity index (χ4n) is 3.71. The summed E-state index contributed by atoms with van der Waals surface area (Å²) in [7, 11) is 0. The summed E-state index contributed by atoms with van der Waals surface area (Å²) in [5.74, 6) is -0.633. The molecule has 0 unspecified atom stereocenters. The number of alkyl carbamates (subject to hydrolysis) is 1. The number of hydrogen-bond donors (Lipinski definition) is 2. The van der Waals surface area contributed by atoms with Gasteiger partial charge in [-0.15, -0.1) is 0 Å². The van der Waals surface area contributed by atoms with Crippen LogP contribution in [0.5, 0.6) is 5.75 Å². The number of rotatable bonds is 4.